The van der Waals surface area contributed by atoms with Gasteiger partial charge in [0, 0.05) is 19.3 Å². The van der Waals surface area contributed by atoms with E-state index >= 15 is 0 Å². The Morgan fingerprint density at radius 2 is 1.97 bits per heavy atom. The van der Waals surface area contributed by atoms with Crippen LogP contribution in [0.3, 0.4) is 0 Å². The van der Waals surface area contributed by atoms with Crippen molar-refractivity contribution in [2.24, 2.45) is 7.05 Å². The zero-order valence-corrected chi connectivity index (χ0v) is 16.4. The zero-order valence-electron chi connectivity index (χ0n) is 16.4. The summed E-state index contributed by atoms with van der Waals surface area (Å²) in [6.45, 7) is 0.195. The van der Waals surface area contributed by atoms with E-state index in [4.69, 9.17) is 19.3 Å². The van der Waals surface area contributed by atoms with E-state index in [0.717, 1.165) is 11.0 Å². The first kappa shape index (κ1) is 19.3. The molecule has 4 aromatic rings. The van der Waals surface area contributed by atoms with Crippen LogP contribution >= 0.6 is 0 Å². The molecular weight excluding hydrogens is 386 g/mol. The Kier molecular flexibility index (Phi) is 5.21. The second-order valence-electron chi connectivity index (χ2n) is 6.47. The van der Waals surface area contributed by atoms with Gasteiger partial charge < -0.3 is 23.9 Å². The van der Waals surface area contributed by atoms with Crippen LogP contribution in [0, 0.1) is 0 Å². The number of hydrogen-bond donors (Lipinski definition) is 1. The Bertz CT molecular complexity index is 1220. The van der Waals surface area contributed by atoms with Gasteiger partial charge in [0.05, 0.1) is 23.7 Å². The Morgan fingerprint density at radius 1 is 1.10 bits per heavy atom. The van der Waals surface area contributed by atoms with Crippen molar-refractivity contribution < 1.29 is 24.1 Å². The number of pyridine rings is 1. The number of carboxylic acids is 1. The minimum absolute atomic E-state index is 0.171. The van der Waals surface area contributed by atoms with Gasteiger partial charge in [-0.15, -0.1) is 0 Å². The fraction of sp³-hybridized carbons (Fsp3) is 0.136. The van der Waals surface area contributed by atoms with Gasteiger partial charge in [0.1, 0.15) is 23.9 Å². The number of nitrogens with zero attached hydrogens (tertiary/aromatic N) is 3. The van der Waals surface area contributed by atoms with Gasteiger partial charge >= 0.3 is 5.97 Å². The molecule has 0 radical (unpaired) electrons. The minimum Gasteiger partial charge on any atom is -0.486 e. The number of fused-ring (bicyclic) bond motifs is 1. The van der Waals surface area contributed by atoms with E-state index in [2.05, 4.69) is 9.97 Å². The molecule has 0 atom stereocenters. The van der Waals surface area contributed by atoms with Crippen LogP contribution in [0.15, 0.2) is 60.8 Å². The van der Waals surface area contributed by atoms with Crippen LogP contribution in [0.1, 0.15) is 16.2 Å². The van der Waals surface area contributed by atoms with Crippen molar-refractivity contribution in [3.63, 3.8) is 0 Å². The normalized spacial score (nSPS) is 10.7. The lowest BCUT2D eigenvalue weighted by Crippen LogP contribution is -2.04. The van der Waals surface area contributed by atoms with E-state index in [1.165, 1.54) is 19.2 Å². The molecule has 0 bridgehead atoms. The van der Waals surface area contributed by atoms with Crippen molar-refractivity contribution in [1.82, 2.24) is 14.5 Å². The van der Waals surface area contributed by atoms with Crippen molar-refractivity contribution in [2.45, 2.75) is 6.61 Å². The molecule has 4 rings (SSSR count). The van der Waals surface area contributed by atoms with E-state index in [0.29, 0.717) is 29.0 Å². The summed E-state index contributed by atoms with van der Waals surface area (Å²) in [6, 6.07) is 15.5. The lowest BCUT2D eigenvalue weighted by atomic mass is 10.2. The van der Waals surface area contributed by atoms with Gasteiger partial charge in [0.25, 0.3) is 5.88 Å². The predicted octanol–water partition coefficient (Wildman–Crippen LogP) is 4.05. The number of imidazole rings is 1. The number of aromatic carboxylic acids is 1. The number of benzene rings is 2. The van der Waals surface area contributed by atoms with Crippen LogP contribution in [-0.2, 0) is 13.7 Å². The Labute approximate surface area is 172 Å². The lowest BCUT2D eigenvalue weighted by molar-refractivity contribution is 0.0696. The summed E-state index contributed by atoms with van der Waals surface area (Å²) < 4.78 is 18.8. The molecule has 152 valence electrons. The van der Waals surface area contributed by atoms with Crippen molar-refractivity contribution in [1.29, 1.82) is 0 Å². The van der Waals surface area contributed by atoms with E-state index in [-0.39, 0.29) is 12.2 Å². The monoisotopic (exact) mass is 405 g/mol. The number of aromatic nitrogens is 3. The van der Waals surface area contributed by atoms with Gasteiger partial charge in [-0.3, -0.25) is 0 Å². The highest BCUT2D eigenvalue weighted by molar-refractivity contribution is 5.88. The highest BCUT2D eigenvalue weighted by atomic mass is 16.5. The molecule has 0 aliphatic heterocycles. The molecule has 30 heavy (non-hydrogen) atoms. The molecule has 0 unspecified atom stereocenters. The highest BCUT2D eigenvalue weighted by Gasteiger charge is 2.12. The third kappa shape index (κ3) is 3.88. The summed E-state index contributed by atoms with van der Waals surface area (Å²) >= 11 is 0. The van der Waals surface area contributed by atoms with E-state index in [1.807, 2.05) is 29.8 Å². The Hall–Kier alpha value is -4.07. The van der Waals surface area contributed by atoms with Gasteiger partial charge in [-0.25, -0.2) is 14.8 Å². The molecule has 2 aromatic heterocycles. The molecule has 8 nitrogen and oxygen atoms in total. The maximum Gasteiger partial charge on any atom is 0.335 e. The average molecular weight is 405 g/mol. The minimum atomic E-state index is -0.999. The highest BCUT2D eigenvalue weighted by Crippen LogP contribution is 2.31. The van der Waals surface area contributed by atoms with Crippen LogP contribution in [0.4, 0.5) is 0 Å². The van der Waals surface area contributed by atoms with Crippen molar-refractivity contribution in [3.8, 4) is 23.1 Å². The largest absolute Gasteiger partial charge is 0.486 e. The number of carboxylic acid groups (broad SMARTS) is 1. The predicted molar refractivity (Wildman–Crippen MR) is 109 cm³/mol. The molecule has 0 fully saturated rings. The first-order valence-corrected chi connectivity index (χ1v) is 9.13. The smallest absolute Gasteiger partial charge is 0.335 e. The second kappa shape index (κ2) is 8.12. The molecule has 0 aliphatic rings. The Morgan fingerprint density at radius 3 is 2.77 bits per heavy atom. The molecule has 2 heterocycles. The van der Waals surface area contributed by atoms with E-state index < -0.39 is 5.97 Å². The average Bonchev–Trinajstić information content (AvgIpc) is 3.08. The second-order valence-corrected chi connectivity index (χ2v) is 6.47. The summed E-state index contributed by atoms with van der Waals surface area (Å²) in [6.07, 6.45) is 1.63. The quantitative estimate of drug-likeness (QED) is 0.496. The van der Waals surface area contributed by atoms with Crippen molar-refractivity contribution in [3.05, 3.63) is 72.2 Å². The SMILES string of the molecule is COc1ncccc1Oc1ccc2nc(COc3cccc(C(=O)O)c3)n(C)c2c1. The third-order valence-electron chi connectivity index (χ3n) is 4.55. The molecule has 0 spiro atoms. The topological polar surface area (TPSA) is 95.7 Å². The van der Waals surface area contributed by atoms with Crippen LogP contribution in [-0.4, -0.2) is 32.7 Å². The van der Waals surface area contributed by atoms with Gasteiger partial charge in [0.2, 0.25) is 0 Å². The van der Waals surface area contributed by atoms with Crippen LogP contribution in [0.25, 0.3) is 11.0 Å². The Balaban J connectivity index is 1.55. The maximum atomic E-state index is 11.1. The van der Waals surface area contributed by atoms with Gasteiger partial charge in [-0.1, -0.05) is 6.07 Å². The molecule has 0 saturated heterocycles. The summed E-state index contributed by atoms with van der Waals surface area (Å²) in [5.74, 6) is 1.71. The number of methoxy groups -OCH3 is 1. The maximum absolute atomic E-state index is 11.1. The van der Waals surface area contributed by atoms with Gasteiger partial charge in [0.15, 0.2) is 5.75 Å². The van der Waals surface area contributed by atoms with Crippen LogP contribution in [0.2, 0.25) is 0 Å². The fourth-order valence-corrected chi connectivity index (χ4v) is 3.01. The fourth-order valence-electron chi connectivity index (χ4n) is 3.01. The van der Waals surface area contributed by atoms with E-state index in [9.17, 15) is 4.79 Å². The summed E-state index contributed by atoms with van der Waals surface area (Å²) in [4.78, 5) is 19.8. The number of carbonyl (C=O) groups is 1. The molecular formula is C22H19N3O5. The van der Waals surface area contributed by atoms with Crippen LogP contribution in [0.5, 0.6) is 23.1 Å². The van der Waals surface area contributed by atoms with E-state index in [1.54, 1.807) is 30.5 Å². The summed E-state index contributed by atoms with van der Waals surface area (Å²) in [7, 11) is 3.42. The first-order valence-electron chi connectivity index (χ1n) is 9.13. The number of ether oxygens (including phenoxy) is 3. The molecule has 0 aliphatic carbocycles. The first-order chi connectivity index (χ1) is 14.5. The third-order valence-corrected chi connectivity index (χ3v) is 4.55. The zero-order chi connectivity index (χ0) is 21.1. The number of rotatable bonds is 7. The van der Waals surface area contributed by atoms with Gasteiger partial charge in [-0.05, 0) is 42.5 Å². The molecule has 2 aromatic carbocycles. The van der Waals surface area contributed by atoms with Crippen molar-refractivity contribution >= 4 is 17.0 Å². The number of aryl methyl sites for hydroxylation is 1. The van der Waals surface area contributed by atoms with Gasteiger partial charge in [-0.2, -0.15) is 0 Å². The standard InChI is InChI=1S/C22H19N3O5/c1-25-18-12-16(30-19-7-4-10-23-21(19)28-2)8-9-17(18)24-20(25)13-29-15-6-3-5-14(11-15)22(26)27/h3-12H,13H2,1-2H3,(H,26,27). The van der Waals surface area contributed by atoms with Crippen molar-refractivity contribution in [2.75, 3.05) is 7.11 Å². The summed E-state index contributed by atoms with van der Waals surface area (Å²) in [5, 5.41) is 9.10. The molecule has 0 amide bonds. The van der Waals surface area contributed by atoms with Crippen LogP contribution < -0.4 is 14.2 Å². The lowest BCUT2D eigenvalue weighted by Gasteiger charge is -2.09. The molecule has 1 N–H and O–H groups in total. The molecule has 8 heteroatoms. The molecule has 0 saturated carbocycles. The number of hydrogen-bond acceptors (Lipinski definition) is 6. The summed E-state index contributed by atoms with van der Waals surface area (Å²) in [5.41, 5.74) is 1.83.